The molecule has 8 heteroatoms. The second-order valence-electron chi connectivity index (χ2n) is 2.37. The third-order valence-electron chi connectivity index (χ3n) is 1.30. The number of alkyl halides is 3. The van der Waals surface area contributed by atoms with Gasteiger partial charge in [0.15, 0.2) is 5.25 Å². The summed E-state index contributed by atoms with van der Waals surface area (Å²) < 4.78 is 51.1. The molecule has 0 aromatic heterocycles. The first kappa shape index (κ1) is 13.4. The molecular formula is C6H10F3NO3S. The van der Waals surface area contributed by atoms with Gasteiger partial charge in [0.25, 0.3) is 0 Å². The van der Waals surface area contributed by atoms with Crippen molar-refractivity contribution in [1.29, 1.82) is 0 Å². The van der Waals surface area contributed by atoms with E-state index in [0.717, 1.165) is 0 Å². The van der Waals surface area contributed by atoms with Crippen LogP contribution in [0.3, 0.4) is 0 Å². The molecule has 14 heavy (non-hydrogen) atoms. The lowest BCUT2D eigenvalue weighted by Crippen LogP contribution is -2.38. The number of esters is 1. The zero-order valence-electron chi connectivity index (χ0n) is 7.34. The van der Waals surface area contributed by atoms with Crippen LogP contribution in [0.15, 0.2) is 0 Å². The van der Waals surface area contributed by atoms with Crippen LogP contribution in [0.25, 0.3) is 0 Å². The molecule has 2 N–H and O–H groups in total. The lowest BCUT2D eigenvalue weighted by molar-refractivity contribution is -0.154. The number of hydrogen-bond donors (Lipinski definition) is 1. The summed E-state index contributed by atoms with van der Waals surface area (Å²) in [6, 6.07) is 0. The van der Waals surface area contributed by atoms with Crippen LogP contribution in [0.1, 0.15) is 13.3 Å². The first-order valence-corrected chi connectivity index (χ1v) is 4.94. The van der Waals surface area contributed by atoms with E-state index in [0.29, 0.717) is 0 Å². The Kier molecular flexibility index (Phi) is 5.06. The maximum atomic E-state index is 12.1. The maximum Gasteiger partial charge on any atom is 0.404 e. The normalized spacial score (nSPS) is 16.1. The highest BCUT2D eigenvalue weighted by molar-refractivity contribution is 7.83. The van der Waals surface area contributed by atoms with Crippen molar-refractivity contribution in [3.63, 3.8) is 0 Å². The second-order valence-corrected chi connectivity index (χ2v) is 3.59. The van der Waals surface area contributed by atoms with Gasteiger partial charge < -0.3 is 4.74 Å². The number of ether oxygens (including phenoxy) is 1. The van der Waals surface area contributed by atoms with Crippen molar-refractivity contribution in [3.05, 3.63) is 0 Å². The van der Waals surface area contributed by atoms with Gasteiger partial charge in [-0.1, -0.05) is 0 Å². The van der Waals surface area contributed by atoms with E-state index in [1.165, 1.54) is 6.92 Å². The fourth-order valence-electron chi connectivity index (χ4n) is 0.701. The predicted molar refractivity (Wildman–Crippen MR) is 43.4 cm³/mol. The number of rotatable bonds is 4. The van der Waals surface area contributed by atoms with Crippen LogP contribution in [-0.2, 0) is 20.5 Å². The molecule has 0 aliphatic carbocycles. The molecule has 0 spiro atoms. The Hall–Kier alpha value is -0.630. The van der Waals surface area contributed by atoms with E-state index in [1.807, 2.05) is 0 Å². The standard InChI is InChI=1S/C6H10F3NO3S/c1-2-13-5(11)3-4(14(10)12)6(7,8)9/h4H,2-3,10H2,1H3. The molecule has 0 aromatic carbocycles. The van der Waals surface area contributed by atoms with E-state index >= 15 is 0 Å². The molecule has 2 unspecified atom stereocenters. The van der Waals surface area contributed by atoms with Crippen LogP contribution >= 0.6 is 0 Å². The van der Waals surface area contributed by atoms with Gasteiger partial charge in [0.2, 0.25) is 0 Å². The Bertz CT molecular complexity index is 231. The molecule has 2 atom stereocenters. The van der Waals surface area contributed by atoms with E-state index in [1.54, 1.807) is 0 Å². The Balaban J connectivity index is 4.40. The molecule has 4 nitrogen and oxygen atoms in total. The van der Waals surface area contributed by atoms with Crippen molar-refractivity contribution in [2.45, 2.75) is 24.8 Å². The molecule has 0 saturated carbocycles. The summed E-state index contributed by atoms with van der Waals surface area (Å²) in [5, 5.41) is 2.25. The van der Waals surface area contributed by atoms with Crippen molar-refractivity contribution in [1.82, 2.24) is 0 Å². The zero-order chi connectivity index (χ0) is 11.4. The van der Waals surface area contributed by atoms with Gasteiger partial charge in [-0.15, -0.1) is 0 Å². The Morgan fingerprint density at radius 2 is 2.07 bits per heavy atom. The number of hydrogen-bond acceptors (Lipinski definition) is 3. The highest BCUT2D eigenvalue weighted by atomic mass is 32.2. The molecule has 0 rings (SSSR count). The van der Waals surface area contributed by atoms with Gasteiger partial charge in [0.05, 0.1) is 13.0 Å². The van der Waals surface area contributed by atoms with E-state index in [2.05, 4.69) is 9.88 Å². The smallest absolute Gasteiger partial charge is 0.404 e. The van der Waals surface area contributed by atoms with Crippen molar-refractivity contribution in [2.75, 3.05) is 6.61 Å². The molecule has 0 saturated heterocycles. The molecule has 0 radical (unpaired) electrons. The summed E-state index contributed by atoms with van der Waals surface area (Å²) in [5.41, 5.74) is 0. The minimum Gasteiger partial charge on any atom is -0.466 e. The van der Waals surface area contributed by atoms with E-state index in [-0.39, 0.29) is 6.61 Å². The fraction of sp³-hybridized carbons (Fsp3) is 0.833. The summed E-state index contributed by atoms with van der Waals surface area (Å²) in [5.74, 6) is -1.06. The number of nitrogens with two attached hydrogens (primary N) is 1. The van der Waals surface area contributed by atoms with Crippen LogP contribution in [-0.4, -0.2) is 28.2 Å². The highest BCUT2D eigenvalue weighted by Gasteiger charge is 2.44. The highest BCUT2D eigenvalue weighted by Crippen LogP contribution is 2.25. The van der Waals surface area contributed by atoms with Gasteiger partial charge in [-0.25, -0.2) is 4.21 Å². The van der Waals surface area contributed by atoms with E-state index in [9.17, 15) is 22.2 Å². The van der Waals surface area contributed by atoms with Gasteiger partial charge in [-0.3, -0.25) is 9.93 Å². The summed E-state index contributed by atoms with van der Waals surface area (Å²) in [4.78, 5) is 10.7. The van der Waals surface area contributed by atoms with Crippen LogP contribution in [0.2, 0.25) is 0 Å². The molecule has 0 heterocycles. The fourth-order valence-corrected chi connectivity index (χ4v) is 1.26. The van der Waals surface area contributed by atoms with E-state index in [4.69, 9.17) is 0 Å². The molecule has 0 amide bonds. The van der Waals surface area contributed by atoms with Crippen molar-refractivity contribution in [2.24, 2.45) is 5.14 Å². The largest absolute Gasteiger partial charge is 0.466 e. The third kappa shape index (κ3) is 4.56. The van der Waals surface area contributed by atoms with Crippen LogP contribution in [0.5, 0.6) is 0 Å². The first-order valence-electron chi connectivity index (χ1n) is 3.66. The summed E-state index contributed by atoms with van der Waals surface area (Å²) in [6.45, 7) is 1.43. The molecule has 0 aromatic rings. The topological polar surface area (TPSA) is 69.4 Å². The lowest BCUT2D eigenvalue weighted by atomic mass is 10.3. The first-order chi connectivity index (χ1) is 6.29. The SMILES string of the molecule is CCOC(=O)CC(S(N)=O)C(F)(F)F. The minimum absolute atomic E-state index is 0.0272. The van der Waals surface area contributed by atoms with Gasteiger partial charge in [-0.05, 0) is 6.92 Å². The maximum absolute atomic E-state index is 12.1. The molecule has 0 aliphatic rings. The minimum atomic E-state index is -4.76. The number of carbonyl (C=O) groups is 1. The van der Waals surface area contributed by atoms with Gasteiger partial charge in [-0.2, -0.15) is 13.2 Å². The molecular weight excluding hydrogens is 223 g/mol. The lowest BCUT2D eigenvalue weighted by Gasteiger charge is -2.16. The average Bonchev–Trinajstić information content (AvgIpc) is 1.98. The average molecular weight is 233 g/mol. The van der Waals surface area contributed by atoms with Crippen LogP contribution in [0.4, 0.5) is 13.2 Å². The molecule has 84 valence electrons. The number of halogens is 3. The van der Waals surface area contributed by atoms with Crippen molar-refractivity contribution in [3.8, 4) is 0 Å². The third-order valence-corrected chi connectivity index (χ3v) is 2.30. The second kappa shape index (κ2) is 5.30. The summed E-state index contributed by atoms with van der Waals surface area (Å²) >= 11 is 0. The van der Waals surface area contributed by atoms with Gasteiger partial charge in [0, 0.05) is 0 Å². The van der Waals surface area contributed by atoms with Crippen molar-refractivity contribution >= 4 is 17.0 Å². The zero-order valence-corrected chi connectivity index (χ0v) is 8.15. The molecule has 0 fully saturated rings. The van der Waals surface area contributed by atoms with E-state index < -0.39 is 34.8 Å². The monoisotopic (exact) mass is 233 g/mol. The Morgan fingerprint density at radius 1 is 1.57 bits per heavy atom. The predicted octanol–water partition coefficient (Wildman–Crippen LogP) is 0.493. The summed E-state index contributed by atoms with van der Waals surface area (Å²) in [7, 11) is -2.62. The molecule has 0 bridgehead atoms. The van der Waals surface area contributed by atoms with Gasteiger partial charge in [0.1, 0.15) is 11.0 Å². The van der Waals surface area contributed by atoms with Gasteiger partial charge >= 0.3 is 12.1 Å². The van der Waals surface area contributed by atoms with Crippen molar-refractivity contribution < 1.29 is 26.9 Å². The van der Waals surface area contributed by atoms with Crippen LogP contribution in [0, 0.1) is 0 Å². The quantitative estimate of drug-likeness (QED) is 0.718. The summed E-state index contributed by atoms with van der Waals surface area (Å²) in [6.07, 6.45) is -5.77. The van der Waals surface area contributed by atoms with Crippen LogP contribution < -0.4 is 5.14 Å². The molecule has 0 aliphatic heterocycles. The number of carbonyl (C=O) groups excluding carboxylic acids is 1. The Morgan fingerprint density at radius 3 is 2.36 bits per heavy atom. The Labute approximate surface area is 81.2 Å².